The van der Waals surface area contributed by atoms with Gasteiger partial charge in [0.15, 0.2) is 5.82 Å². The summed E-state index contributed by atoms with van der Waals surface area (Å²) in [5.74, 6) is 1.45. The molecular formula is C14H19N3O2S. The van der Waals surface area contributed by atoms with E-state index in [9.17, 15) is 0 Å². The average molecular weight is 293 g/mol. The van der Waals surface area contributed by atoms with Crippen LogP contribution in [0.5, 0.6) is 0 Å². The van der Waals surface area contributed by atoms with Gasteiger partial charge in [0.05, 0.1) is 18.6 Å². The van der Waals surface area contributed by atoms with E-state index in [1.54, 1.807) is 0 Å². The fraction of sp³-hybridized carbons (Fsp3) is 0.571. The highest BCUT2D eigenvalue weighted by atomic mass is 32.1. The van der Waals surface area contributed by atoms with Crippen LogP contribution in [-0.2, 0) is 11.2 Å². The average Bonchev–Trinajstić information content (AvgIpc) is 3.12. The molecule has 2 N–H and O–H groups in total. The molecule has 20 heavy (non-hydrogen) atoms. The third-order valence-corrected chi connectivity index (χ3v) is 4.64. The minimum absolute atomic E-state index is 0.227. The number of nitrogens with zero attached hydrogens (tertiary/aromatic N) is 2. The maximum absolute atomic E-state index is 5.99. The Balaban J connectivity index is 1.78. The van der Waals surface area contributed by atoms with Gasteiger partial charge >= 0.3 is 0 Å². The molecule has 0 aromatic carbocycles. The second kappa shape index (κ2) is 6.03. The number of ether oxygens (including phenoxy) is 1. The van der Waals surface area contributed by atoms with Gasteiger partial charge in [0.1, 0.15) is 0 Å². The molecule has 0 saturated heterocycles. The molecule has 1 aliphatic rings. The summed E-state index contributed by atoms with van der Waals surface area (Å²) >= 11 is 1.81. The Bertz CT molecular complexity index is 566. The zero-order valence-electron chi connectivity index (χ0n) is 11.5. The number of rotatable bonds is 5. The third kappa shape index (κ3) is 2.63. The van der Waals surface area contributed by atoms with E-state index < -0.39 is 0 Å². The van der Waals surface area contributed by atoms with Crippen molar-refractivity contribution < 1.29 is 9.26 Å². The van der Waals surface area contributed by atoms with E-state index >= 15 is 0 Å². The first-order chi connectivity index (χ1) is 9.79. The zero-order chi connectivity index (χ0) is 13.9. The van der Waals surface area contributed by atoms with E-state index in [1.165, 1.54) is 16.9 Å². The highest BCUT2D eigenvalue weighted by Gasteiger charge is 2.28. The number of aromatic nitrogens is 2. The molecule has 2 atom stereocenters. The molecule has 0 saturated carbocycles. The standard InChI is InChI=1S/C14H19N3O2S/c1-2-18-8-11(15)13-16-14(19-17-13)10-4-3-5-12-9(10)6-7-20-12/h6-7,10-11H,2-5,8,15H2,1H3. The molecule has 5 nitrogen and oxygen atoms in total. The molecule has 3 rings (SSSR count). The van der Waals surface area contributed by atoms with E-state index in [4.69, 9.17) is 15.0 Å². The summed E-state index contributed by atoms with van der Waals surface area (Å²) < 4.78 is 10.7. The molecule has 0 radical (unpaired) electrons. The van der Waals surface area contributed by atoms with Crippen LogP contribution in [0.4, 0.5) is 0 Å². The molecule has 1 aliphatic carbocycles. The second-order valence-corrected chi connectivity index (χ2v) is 6.00. The van der Waals surface area contributed by atoms with Crippen LogP contribution in [0.1, 0.15) is 53.9 Å². The Morgan fingerprint density at radius 3 is 3.35 bits per heavy atom. The summed E-state index contributed by atoms with van der Waals surface area (Å²) in [6, 6.07) is 1.85. The van der Waals surface area contributed by atoms with Gasteiger partial charge in [-0.3, -0.25) is 0 Å². The predicted octanol–water partition coefficient (Wildman–Crippen LogP) is 2.64. The molecular weight excluding hydrogens is 274 g/mol. The Kier molecular flexibility index (Phi) is 4.14. The largest absolute Gasteiger partial charge is 0.380 e. The van der Waals surface area contributed by atoms with Crippen molar-refractivity contribution in [2.24, 2.45) is 5.73 Å². The lowest BCUT2D eigenvalue weighted by atomic mass is 9.88. The second-order valence-electron chi connectivity index (χ2n) is 5.00. The van der Waals surface area contributed by atoms with E-state index in [2.05, 4.69) is 21.6 Å². The Morgan fingerprint density at radius 2 is 2.50 bits per heavy atom. The van der Waals surface area contributed by atoms with Crippen molar-refractivity contribution in [1.82, 2.24) is 10.1 Å². The van der Waals surface area contributed by atoms with Gasteiger partial charge in [-0.05, 0) is 43.2 Å². The number of aryl methyl sites for hydroxylation is 1. The number of fused-ring (bicyclic) bond motifs is 1. The number of hydrogen-bond acceptors (Lipinski definition) is 6. The van der Waals surface area contributed by atoms with Crippen molar-refractivity contribution in [2.75, 3.05) is 13.2 Å². The van der Waals surface area contributed by atoms with E-state index in [0.717, 1.165) is 12.8 Å². The van der Waals surface area contributed by atoms with E-state index in [1.807, 2.05) is 18.3 Å². The summed E-state index contributed by atoms with van der Waals surface area (Å²) in [6.45, 7) is 3.00. The minimum Gasteiger partial charge on any atom is -0.380 e. The molecule has 2 unspecified atom stereocenters. The van der Waals surface area contributed by atoms with Crippen molar-refractivity contribution in [3.05, 3.63) is 33.6 Å². The number of thiophene rings is 1. The smallest absolute Gasteiger partial charge is 0.234 e. The van der Waals surface area contributed by atoms with Gasteiger partial charge in [-0.2, -0.15) is 4.98 Å². The van der Waals surface area contributed by atoms with Crippen molar-refractivity contribution in [1.29, 1.82) is 0 Å². The zero-order valence-corrected chi connectivity index (χ0v) is 12.4. The first-order valence-corrected chi connectivity index (χ1v) is 7.90. The molecule has 0 fully saturated rings. The van der Waals surface area contributed by atoms with Crippen LogP contribution >= 0.6 is 11.3 Å². The van der Waals surface area contributed by atoms with Gasteiger partial charge in [-0.1, -0.05) is 5.16 Å². The molecule has 0 spiro atoms. The van der Waals surface area contributed by atoms with Gasteiger partial charge in [0.25, 0.3) is 0 Å². The van der Waals surface area contributed by atoms with Crippen LogP contribution < -0.4 is 5.73 Å². The predicted molar refractivity (Wildman–Crippen MR) is 76.8 cm³/mol. The maximum atomic E-state index is 5.99. The van der Waals surface area contributed by atoms with Crippen LogP contribution in [0.2, 0.25) is 0 Å². The van der Waals surface area contributed by atoms with Gasteiger partial charge in [-0.15, -0.1) is 11.3 Å². The molecule has 2 heterocycles. The highest BCUT2D eigenvalue weighted by Crippen LogP contribution is 2.38. The van der Waals surface area contributed by atoms with Gasteiger partial charge in [0.2, 0.25) is 5.89 Å². The molecule has 0 amide bonds. The summed E-state index contributed by atoms with van der Waals surface area (Å²) in [4.78, 5) is 5.93. The van der Waals surface area contributed by atoms with Crippen LogP contribution in [0, 0.1) is 0 Å². The highest BCUT2D eigenvalue weighted by molar-refractivity contribution is 7.10. The van der Waals surface area contributed by atoms with Gasteiger partial charge in [-0.25, -0.2) is 0 Å². The van der Waals surface area contributed by atoms with Crippen molar-refractivity contribution >= 4 is 11.3 Å². The Labute approximate surface area is 122 Å². The summed E-state index contributed by atoms with van der Waals surface area (Å²) in [5, 5.41) is 6.15. The van der Waals surface area contributed by atoms with Crippen LogP contribution in [0.15, 0.2) is 16.0 Å². The fourth-order valence-electron chi connectivity index (χ4n) is 2.60. The third-order valence-electron chi connectivity index (χ3n) is 3.64. The Hall–Kier alpha value is -1.24. The molecule has 2 aromatic heterocycles. The maximum Gasteiger partial charge on any atom is 0.234 e. The van der Waals surface area contributed by atoms with Crippen molar-refractivity contribution in [3.8, 4) is 0 Å². The van der Waals surface area contributed by atoms with Gasteiger partial charge < -0.3 is 15.0 Å². The number of nitrogens with two attached hydrogens (primary N) is 1. The molecule has 2 aromatic rings. The molecule has 6 heteroatoms. The molecule has 108 valence electrons. The van der Waals surface area contributed by atoms with Crippen LogP contribution in [-0.4, -0.2) is 23.4 Å². The summed E-state index contributed by atoms with van der Waals surface area (Å²) in [6.07, 6.45) is 3.39. The minimum atomic E-state index is -0.321. The first kappa shape index (κ1) is 13.7. The van der Waals surface area contributed by atoms with Crippen molar-refractivity contribution in [2.45, 2.75) is 38.1 Å². The fourth-order valence-corrected chi connectivity index (χ4v) is 3.59. The topological polar surface area (TPSA) is 74.2 Å². The number of hydrogen-bond donors (Lipinski definition) is 1. The first-order valence-electron chi connectivity index (χ1n) is 7.02. The molecule has 0 bridgehead atoms. The van der Waals surface area contributed by atoms with E-state index in [0.29, 0.717) is 24.9 Å². The van der Waals surface area contributed by atoms with Crippen LogP contribution in [0.3, 0.4) is 0 Å². The van der Waals surface area contributed by atoms with Gasteiger partial charge in [0, 0.05) is 11.5 Å². The summed E-state index contributed by atoms with van der Waals surface area (Å²) in [7, 11) is 0. The lowest BCUT2D eigenvalue weighted by Crippen LogP contribution is -2.18. The van der Waals surface area contributed by atoms with E-state index in [-0.39, 0.29) is 12.0 Å². The monoisotopic (exact) mass is 293 g/mol. The lowest BCUT2D eigenvalue weighted by Gasteiger charge is -2.18. The summed E-state index contributed by atoms with van der Waals surface area (Å²) in [5.41, 5.74) is 7.33. The normalized spacial score (nSPS) is 19.8. The molecule has 0 aliphatic heterocycles. The van der Waals surface area contributed by atoms with Crippen molar-refractivity contribution in [3.63, 3.8) is 0 Å². The lowest BCUT2D eigenvalue weighted by molar-refractivity contribution is 0.130. The Morgan fingerprint density at radius 1 is 1.60 bits per heavy atom. The quantitative estimate of drug-likeness (QED) is 0.917. The van der Waals surface area contributed by atoms with Crippen LogP contribution in [0.25, 0.3) is 0 Å². The SMILES string of the molecule is CCOCC(N)c1noc(C2CCCc3sccc32)n1.